The lowest BCUT2D eigenvalue weighted by Gasteiger charge is -2.04. The molecule has 2 atom stereocenters. The number of hydrogen-bond donors (Lipinski definition) is 2. The van der Waals surface area contributed by atoms with Crippen LogP contribution in [0.2, 0.25) is 0 Å². The molecule has 3 N–H and O–H groups in total. The molecule has 0 radical (unpaired) electrons. The van der Waals surface area contributed by atoms with Crippen LogP contribution >= 0.6 is 15.9 Å². The zero-order valence-corrected chi connectivity index (χ0v) is 10.3. The maximum Gasteiger partial charge on any atom is 0.260 e. The molecule has 0 aliphatic heterocycles. The van der Waals surface area contributed by atoms with Crippen LogP contribution in [0.4, 0.5) is 0 Å². The van der Waals surface area contributed by atoms with E-state index in [9.17, 15) is 8.42 Å². The molecule has 7 nitrogen and oxygen atoms in total. The van der Waals surface area contributed by atoms with E-state index in [0.29, 0.717) is 6.42 Å². The molecular formula is C6H10BrN5O2S. The Labute approximate surface area is 95.2 Å². The van der Waals surface area contributed by atoms with Gasteiger partial charge in [0.1, 0.15) is 0 Å². The van der Waals surface area contributed by atoms with E-state index in [2.05, 4.69) is 31.0 Å². The minimum absolute atomic E-state index is 0.0154. The Hall–Kier alpha value is -0.510. The fourth-order valence-corrected chi connectivity index (χ4v) is 3.61. The van der Waals surface area contributed by atoms with Gasteiger partial charge in [0.05, 0.1) is 0 Å². The van der Waals surface area contributed by atoms with E-state index in [4.69, 9.17) is 5.73 Å². The predicted octanol–water partition coefficient (Wildman–Crippen LogP) is -1.04. The smallest absolute Gasteiger partial charge is 0.260 e. The fourth-order valence-electron chi connectivity index (χ4n) is 1.21. The lowest BCUT2D eigenvalue weighted by molar-refractivity contribution is 0.559. The predicted molar refractivity (Wildman–Crippen MR) is 55.4 cm³/mol. The number of nitrogens with zero attached hydrogens (tertiary/aromatic N) is 3. The maximum absolute atomic E-state index is 11.8. The Balaban J connectivity index is 2.29. The zero-order chi connectivity index (χ0) is 11.2. The topological polar surface area (TPSA) is 103 Å². The molecule has 9 heteroatoms. The standard InChI is InChI=1S/C6H10BrN5O2S/c1-12-6(5(7)9-11-12)15(13,14)10-4-2-3(4)8/h3-4,10H,2,8H2,1H3. The fraction of sp³-hybridized carbons (Fsp3) is 0.667. The third-order valence-electron chi connectivity index (χ3n) is 2.14. The average Bonchev–Trinajstić information content (AvgIpc) is 2.63. The van der Waals surface area contributed by atoms with E-state index in [1.54, 1.807) is 0 Å². The number of rotatable bonds is 3. The molecule has 0 saturated heterocycles. The highest BCUT2D eigenvalue weighted by Gasteiger charge is 2.38. The summed E-state index contributed by atoms with van der Waals surface area (Å²) in [4.78, 5) is 0. The number of sulfonamides is 1. The molecule has 1 aromatic heterocycles. The Morgan fingerprint density at radius 2 is 2.27 bits per heavy atom. The Morgan fingerprint density at radius 3 is 2.67 bits per heavy atom. The van der Waals surface area contributed by atoms with E-state index >= 15 is 0 Å². The number of halogens is 1. The second kappa shape index (κ2) is 3.51. The van der Waals surface area contributed by atoms with E-state index < -0.39 is 10.0 Å². The highest BCUT2D eigenvalue weighted by atomic mass is 79.9. The summed E-state index contributed by atoms with van der Waals surface area (Å²) in [5, 5.41) is 7.22. The zero-order valence-electron chi connectivity index (χ0n) is 7.88. The number of nitrogens with two attached hydrogens (primary N) is 1. The van der Waals surface area contributed by atoms with Crippen molar-refractivity contribution < 1.29 is 8.42 Å². The molecular weight excluding hydrogens is 286 g/mol. The van der Waals surface area contributed by atoms with Crippen molar-refractivity contribution in [1.29, 1.82) is 0 Å². The number of aryl methyl sites for hydroxylation is 1. The van der Waals surface area contributed by atoms with Crippen LogP contribution < -0.4 is 10.5 Å². The third kappa shape index (κ3) is 2.05. The van der Waals surface area contributed by atoms with Gasteiger partial charge < -0.3 is 5.73 Å². The second-order valence-corrected chi connectivity index (χ2v) is 5.82. The maximum atomic E-state index is 11.8. The number of hydrogen-bond acceptors (Lipinski definition) is 5. The largest absolute Gasteiger partial charge is 0.326 e. The van der Waals surface area contributed by atoms with E-state index in [0.717, 1.165) is 0 Å². The molecule has 0 spiro atoms. The van der Waals surface area contributed by atoms with E-state index in [1.807, 2.05) is 0 Å². The normalized spacial score (nSPS) is 25.5. The van der Waals surface area contributed by atoms with Gasteiger partial charge in [0, 0.05) is 19.1 Å². The van der Waals surface area contributed by atoms with E-state index in [-0.39, 0.29) is 21.7 Å². The Bertz CT molecular complexity index is 464. The van der Waals surface area contributed by atoms with Crippen LogP contribution in [0.3, 0.4) is 0 Å². The van der Waals surface area contributed by atoms with Crippen molar-refractivity contribution in [1.82, 2.24) is 19.7 Å². The molecule has 0 amide bonds. The molecule has 1 aliphatic rings. The summed E-state index contributed by atoms with van der Waals surface area (Å²) >= 11 is 3.03. The van der Waals surface area contributed by atoms with Crippen LogP contribution in [-0.4, -0.2) is 35.5 Å². The van der Waals surface area contributed by atoms with Crippen molar-refractivity contribution in [2.45, 2.75) is 23.5 Å². The molecule has 2 rings (SSSR count). The first-order valence-electron chi connectivity index (χ1n) is 4.25. The average molecular weight is 296 g/mol. The van der Waals surface area contributed by atoms with Crippen molar-refractivity contribution in [2.24, 2.45) is 12.8 Å². The second-order valence-electron chi connectivity index (χ2n) is 3.44. The van der Waals surface area contributed by atoms with Gasteiger partial charge in [-0.25, -0.2) is 17.8 Å². The Morgan fingerprint density at radius 1 is 1.67 bits per heavy atom. The van der Waals surface area contributed by atoms with Crippen molar-refractivity contribution in [3.05, 3.63) is 4.60 Å². The SMILES string of the molecule is Cn1nnc(Br)c1S(=O)(=O)NC1CC1N. The van der Waals surface area contributed by atoms with Crippen molar-refractivity contribution in [3.8, 4) is 0 Å². The number of aromatic nitrogens is 3. The summed E-state index contributed by atoms with van der Waals surface area (Å²) in [5.74, 6) is 0. The first-order chi connectivity index (χ1) is 6.92. The van der Waals surface area contributed by atoms with Crippen LogP contribution in [0.5, 0.6) is 0 Å². The van der Waals surface area contributed by atoms with Gasteiger partial charge in [-0.05, 0) is 22.4 Å². The van der Waals surface area contributed by atoms with Gasteiger partial charge in [-0.1, -0.05) is 5.21 Å². The molecule has 1 aliphatic carbocycles. The Kier molecular flexibility index (Phi) is 2.57. The quantitative estimate of drug-likeness (QED) is 0.741. The van der Waals surface area contributed by atoms with Crippen LogP contribution in [0.15, 0.2) is 9.63 Å². The van der Waals surface area contributed by atoms with Gasteiger partial charge in [-0.3, -0.25) is 0 Å². The van der Waals surface area contributed by atoms with Crippen molar-refractivity contribution >= 4 is 26.0 Å². The van der Waals surface area contributed by atoms with Gasteiger partial charge in [0.2, 0.25) is 5.03 Å². The van der Waals surface area contributed by atoms with Gasteiger partial charge in [0.15, 0.2) is 4.60 Å². The lowest BCUT2D eigenvalue weighted by Crippen LogP contribution is -2.31. The summed E-state index contributed by atoms with van der Waals surface area (Å²) < 4.78 is 27.5. The monoisotopic (exact) mass is 295 g/mol. The first-order valence-corrected chi connectivity index (χ1v) is 6.52. The molecule has 84 valence electrons. The van der Waals surface area contributed by atoms with Gasteiger partial charge in [0.25, 0.3) is 10.0 Å². The minimum atomic E-state index is -3.59. The van der Waals surface area contributed by atoms with Gasteiger partial charge in [-0.2, -0.15) is 0 Å². The van der Waals surface area contributed by atoms with Crippen LogP contribution in [0.1, 0.15) is 6.42 Å². The van der Waals surface area contributed by atoms with Crippen molar-refractivity contribution in [3.63, 3.8) is 0 Å². The highest BCUT2D eigenvalue weighted by Crippen LogP contribution is 2.23. The van der Waals surface area contributed by atoms with Gasteiger partial charge >= 0.3 is 0 Å². The highest BCUT2D eigenvalue weighted by molar-refractivity contribution is 9.10. The van der Waals surface area contributed by atoms with Crippen molar-refractivity contribution in [2.75, 3.05) is 0 Å². The molecule has 1 aromatic rings. The summed E-state index contributed by atoms with van der Waals surface area (Å²) in [7, 11) is -2.07. The van der Waals surface area contributed by atoms with Crippen LogP contribution in [0, 0.1) is 0 Å². The third-order valence-corrected chi connectivity index (χ3v) is 4.51. The molecule has 15 heavy (non-hydrogen) atoms. The molecule has 0 aromatic carbocycles. The first kappa shape index (κ1) is 11.0. The summed E-state index contributed by atoms with van der Waals surface area (Å²) in [5.41, 5.74) is 5.53. The summed E-state index contributed by atoms with van der Waals surface area (Å²) in [6.07, 6.45) is 0.669. The van der Waals surface area contributed by atoms with Gasteiger partial charge in [-0.15, -0.1) is 5.10 Å². The van der Waals surface area contributed by atoms with E-state index in [1.165, 1.54) is 11.7 Å². The molecule has 0 bridgehead atoms. The lowest BCUT2D eigenvalue weighted by atomic mass is 10.7. The summed E-state index contributed by atoms with van der Waals surface area (Å²) in [6.45, 7) is 0. The minimum Gasteiger partial charge on any atom is -0.326 e. The molecule has 1 heterocycles. The van der Waals surface area contributed by atoms with Crippen LogP contribution in [-0.2, 0) is 17.1 Å². The molecule has 2 unspecified atom stereocenters. The molecule has 1 fully saturated rings. The number of nitrogens with one attached hydrogen (secondary N) is 1. The molecule has 1 saturated carbocycles. The van der Waals surface area contributed by atoms with Crippen LogP contribution in [0.25, 0.3) is 0 Å². The summed E-state index contributed by atoms with van der Waals surface area (Å²) in [6, 6.07) is -0.253.